The largest absolute Gasteiger partial charge is 0.464 e. The summed E-state index contributed by atoms with van der Waals surface area (Å²) in [5, 5.41) is 1.61. The molecule has 0 aliphatic carbocycles. The number of aryl methyl sites for hydroxylation is 1. The molecule has 0 saturated carbocycles. The zero-order valence-corrected chi connectivity index (χ0v) is 12.2. The Kier molecular flexibility index (Phi) is 2.86. The highest BCUT2D eigenvalue weighted by Gasteiger charge is 2.14. The molecule has 0 saturated heterocycles. The van der Waals surface area contributed by atoms with E-state index < -0.39 is 0 Å². The maximum atomic E-state index is 12.3. The van der Waals surface area contributed by atoms with E-state index in [-0.39, 0.29) is 5.43 Å². The standard InChI is InChI=1S/C19H15NO2/c1-2-20-15-8-9-18-19(17(21)10-11-22-18)14(15)12-16(20)13-6-4-3-5-7-13/h3-12H,2H2,1H3. The van der Waals surface area contributed by atoms with E-state index in [1.54, 1.807) is 0 Å². The van der Waals surface area contributed by atoms with Gasteiger partial charge in [-0.2, -0.15) is 0 Å². The van der Waals surface area contributed by atoms with Gasteiger partial charge in [-0.05, 0) is 30.7 Å². The van der Waals surface area contributed by atoms with E-state index in [4.69, 9.17) is 4.42 Å². The number of nitrogens with zero attached hydrogens (tertiary/aromatic N) is 1. The maximum Gasteiger partial charge on any atom is 0.193 e. The van der Waals surface area contributed by atoms with Crippen LogP contribution in [-0.2, 0) is 6.54 Å². The molecule has 0 fully saturated rings. The Balaban J connectivity index is 2.16. The first-order valence-electron chi connectivity index (χ1n) is 7.39. The number of rotatable bonds is 2. The molecule has 0 radical (unpaired) electrons. The molecule has 0 aliphatic rings. The van der Waals surface area contributed by atoms with Crippen molar-refractivity contribution in [2.75, 3.05) is 0 Å². The molecular formula is C19H15NO2. The maximum absolute atomic E-state index is 12.3. The first kappa shape index (κ1) is 12.9. The lowest BCUT2D eigenvalue weighted by Crippen LogP contribution is -1.99. The summed E-state index contributed by atoms with van der Waals surface area (Å²) in [6.07, 6.45) is 1.45. The average molecular weight is 289 g/mol. The van der Waals surface area contributed by atoms with Crippen molar-refractivity contribution in [2.45, 2.75) is 13.5 Å². The molecule has 2 heterocycles. The van der Waals surface area contributed by atoms with Crippen LogP contribution >= 0.6 is 0 Å². The van der Waals surface area contributed by atoms with Crippen LogP contribution in [0.2, 0.25) is 0 Å². The first-order valence-corrected chi connectivity index (χ1v) is 7.39. The van der Waals surface area contributed by atoms with Gasteiger partial charge in [0.1, 0.15) is 5.58 Å². The minimum atomic E-state index is -0.000264. The van der Waals surface area contributed by atoms with Crippen molar-refractivity contribution in [3.8, 4) is 11.3 Å². The second-order valence-electron chi connectivity index (χ2n) is 5.30. The molecule has 0 N–H and O–H groups in total. The molecule has 0 amide bonds. The highest BCUT2D eigenvalue weighted by Crippen LogP contribution is 2.31. The predicted octanol–water partition coefficient (Wildman–Crippen LogP) is 4.43. The van der Waals surface area contributed by atoms with E-state index in [1.165, 1.54) is 12.3 Å². The van der Waals surface area contributed by atoms with Gasteiger partial charge in [0.05, 0.1) is 11.6 Å². The zero-order chi connectivity index (χ0) is 15.1. The second kappa shape index (κ2) is 4.88. The van der Waals surface area contributed by atoms with Gasteiger partial charge in [-0.15, -0.1) is 0 Å². The summed E-state index contributed by atoms with van der Waals surface area (Å²) in [7, 11) is 0. The van der Waals surface area contributed by atoms with Crippen molar-refractivity contribution in [2.24, 2.45) is 0 Å². The lowest BCUT2D eigenvalue weighted by Gasteiger charge is -2.08. The Hall–Kier alpha value is -2.81. The monoisotopic (exact) mass is 289 g/mol. The normalized spacial score (nSPS) is 11.3. The van der Waals surface area contributed by atoms with Crippen LogP contribution in [0, 0.1) is 0 Å². The summed E-state index contributed by atoms with van der Waals surface area (Å²) in [6.45, 7) is 2.96. The fourth-order valence-corrected chi connectivity index (χ4v) is 3.11. The number of hydrogen-bond donors (Lipinski definition) is 0. The van der Waals surface area contributed by atoms with Gasteiger partial charge in [-0.3, -0.25) is 4.79 Å². The topological polar surface area (TPSA) is 35.1 Å². The quantitative estimate of drug-likeness (QED) is 0.547. The molecule has 4 rings (SSSR count). The summed E-state index contributed by atoms with van der Waals surface area (Å²) >= 11 is 0. The molecule has 22 heavy (non-hydrogen) atoms. The molecule has 0 unspecified atom stereocenters. The highest BCUT2D eigenvalue weighted by atomic mass is 16.3. The Morgan fingerprint density at radius 3 is 2.64 bits per heavy atom. The summed E-state index contributed by atoms with van der Waals surface area (Å²) in [4.78, 5) is 12.3. The van der Waals surface area contributed by atoms with Crippen molar-refractivity contribution in [1.29, 1.82) is 0 Å². The average Bonchev–Trinajstić information content (AvgIpc) is 2.94. The van der Waals surface area contributed by atoms with Gasteiger partial charge in [0.15, 0.2) is 5.43 Å². The molecule has 0 spiro atoms. The summed E-state index contributed by atoms with van der Waals surface area (Å²) in [5.74, 6) is 0. The van der Waals surface area contributed by atoms with Crippen LogP contribution < -0.4 is 5.43 Å². The minimum absolute atomic E-state index is 0.000264. The minimum Gasteiger partial charge on any atom is -0.464 e. The smallest absolute Gasteiger partial charge is 0.193 e. The summed E-state index contributed by atoms with van der Waals surface area (Å²) in [6, 6.07) is 17.7. The van der Waals surface area contributed by atoms with Gasteiger partial charge < -0.3 is 8.98 Å². The molecular weight excluding hydrogens is 274 g/mol. The van der Waals surface area contributed by atoms with Crippen LogP contribution in [0.5, 0.6) is 0 Å². The molecule has 4 aromatic rings. The fourth-order valence-electron chi connectivity index (χ4n) is 3.11. The van der Waals surface area contributed by atoms with Crippen molar-refractivity contribution < 1.29 is 4.42 Å². The molecule has 2 aromatic carbocycles. The van der Waals surface area contributed by atoms with Gasteiger partial charge >= 0.3 is 0 Å². The number of hydrogen-bond acceptors (Lipinski definition) is 2. The van der Waals surface area contributed by atoms with Crippen molar-refractivity contribution in [1.82, 2.24) is 4.57 Å². The van der Waals surface area contributed by atoms with Crippen molar-refractivity contribution in [3.05, 3.63) is 71.1 Å². The third-order valence-electron chi connectivity index (χ3n) is 4.09. The second-order valence-corrected chi connectivity index (χ2v) is 5.30. The first-order chi connectivity index (χ1) is 10.8. The number of benzene rings is 2. The lowest BCUT2D eigenvalue weighted by atomic mass is 10.1. The molecule has 0 bridgehead atoms. The van der Waals surface area contributed by atoms with Gasteiger partial charge in [0.25, 0.3) is 0 Å². The SMILES string of the molecule is CCn1c(-c2ccccc2)cc2c3c(=O)ccoc3ccc21. The van der Waals surface area contributed by atoms with E-state index in [0.717, 1.165) is 28.7 Å². The lowest BCUT2D eigenvalue weighted by molar-refractivity contribution is 0.603. The van der Waals surface area contributed by atoms with E-state index in [1.807, 2.05) is 30.3 Å². The molecule has 3 heteroatoms. The molecule has 108 valence electrons. The zero-order valence-electron chi connectivity index (χ0n) is 12.2. The third-order valence-corrected chi connectivity index (χ3v) is 4.09. The molecule has 0 atom stereocenters. The van der Waals surface area contributed by atoms with E-state index in [2.05, 4.69) is 29.7 Å². The van der Waals surface area contributed by atoms with Crippen molar-refractivity contribution in [3.63, 3.8) is 0 Å². The Morgan fingerprint density at radius 2 is 1.86 bits per heavy atom. The molecule has 2 aromatic heterocycles. The van der Waals surface area contributed by atoms with Crippen molar-refractivity contribution >= 4 is 21.9 Å². The Bertz CT molecular complexity index is 1030. The van der Waals surface area contributed by atoms with Crippen LogP contribution in [0.1, 0.15) is 6.92 Å². The van der Waals surface area contributed by atoms with Crippen LogP contribution in [0.15, 0.2) is 70.1 Å². The van der Waals surface area contributed by atoms with Crippen LogP contribution in [0.25, 0.3) is 33.1 Å². The van der Waals surface area contributed by atoms with E-state index >= 15 is 0 Å². The molecule has 0 aliphatic heterocycles. The van der Waals surface area contributed by atoms with Gasteiger partial charge in [0.2, 0.25) is 0 Å². The van der Waals surface area contributed by atoms with Gasteiger partial charge in [-0.25, -0.2) is 0 Å². The van der Waals surface area contributed by atoms with Crippen LogP contribution in [-0.4, -0.2) is 4.57 Å². The highest BCUT2D eigenvalue weighted by molar-refractivity contribution is 6.06. The van der Waals surface area contributed by atoms with Gasteiger partial charge in [0, 0.05) is 29.2 Å². The third kappa shape index (κ3) is 1.79. The Labute approximate surface area is 127 Å². The van der Waals surface area contributed by atoms with Crippen LogP contribution in [0.4, 0.5) is 0 Å². The van der Waals surface area contributed by atoms with E-state index in [0.29, 0.717) is 11.0 Å². The number of aromatic nitrogens is 1. The van der Waals surface area contributed by atoms with E-state index in [9.17, 15) is 4.79 Å². The predicted molar refractivity (Wildman–Crippen MR) is 89.1 cm³/mol. The number of fused-ring (bicyclic) bond motifs is 3. The van der Waals surface area contributed by atoms with Crippen LogP contribution in [0.3, 0.4) is 0 Å². The molecule has 3 nitrogen and oxygen atoms in total. The Morgan fingerprint density at radius 1 is 1.05 bits per heavy atom. The fraction of sp³-hybridized carbons (Fsp3) is 0.105. The summed E-state index contributed by atoms with van der Waals surface area (Å²) in [5.41, 5.74) is 3.96. The van der Waals surface area contributed by atoms with Gasteiger partial charge in [-0.1, -0.05) is 30.3 Å². The summed E-state index contributed by atoms with van der Waals surface area (Å²) < 4.78 is 7.71.